The van der Waals surface area contributed by atoms with Crippen molar-refractivity contribution in [2.45, 2.75) is 13.3 Å². The molecule has 2 N–H and O–H groups in total. The van der Waals surface area contributed by atoms with Gasteiger partial charge in [0.1, 0.15) is 5.82 Å². The average molecular weight is 268 g/mol. The van der Waals surface area contributed by atoms with E-state index in [1.54, 1.807) is 12.1 Å². The standard InChI is InChI=1S/C13H15ClFN3/c1-8-13(12(5-6-16)18(2)17-8)9-3-4-11(15)10(14)7-9/h3-4,7H,5-6,16H2,1-2H3. The van der Waals surface area contributed by atoms with Crippen LogP contribution in [0.2, 0.25) is 5.02 Å². The largest absolute Gasteiger partial charge is 0.330 e. The number of nitrogens with zero attached hydrogens (tertiary/aromatic N) is 2. The van der Waals surface area contributed by atoms with Crippen molar-refractivity contribution in [1.82, 2.24) is 9.78 Å². The molecule has 2 aromatic rings. The molecule has 0 unspecified atom stereocenters. The first-order valence-electron chi connectivity index (χ1n) is 5.72. The Labute approximate surface area is 110 Å². The fraction of sp³-hybridized carbons (Fsp3) is 0.308. The van der Waals surface area contributed by atoms with Crippen LogP contribution in [0.3, 0.4) is 0 Å². The first-order chi connectivity index (χ1) is 8.54. The van der Waals surface area contributed by atoms with Crippen molar-refractivity contribution in [3.05, 3.63) is 40.4 Å². The van der Waals surface area contributed by atoms with Crippen LogP contribution >= 0.6 is 11.6 Å². The Balaban J connectivity index is 2.58. The summed E-state index contributed by atoms with van der Waals surface area (Å²) in [6.45, 7) is 2.47. The maximum absolute atomic E-state index is 13.2. The van der Waals surface area contributed by atoms with Gasteiger partial charge in [0.25, 0.3) is 0 Å². The van der Waals surface area contributed by atoms with Crippen LogP contribution in [0.15, 0.2) is 18.2 Å². The van der Waals surface area contributed by atoms with Crippen LogP contribution < -0.4 is 5.73 Å². The van der Waals surface area contributed by atoms with E-state index in [1.165, 1.54) is 6.07 Å². The van der Waals surface area contributed by atoms with Crippen LogP contribution in [0.25, 0.3) is 11.1 Å². The fourth-order valence-corrected chi connectivity index (χ4v) is 2.34. The van der Waals surface area contributed by atoms with Gasteiger partial charge in [-0.3, -0.25) is 4.68 Å². The second kappa shape index (κ2) is 5.08. The van der Waals surface area contributed by atoms with E-state index in [2.05, 4.69) is 5.10 Å². The average Bonchev–Trinajstić information content (AvgIpc) is 2.59. The summed E-state index contributed by atoms with van der Waals surface area (Å²) in [5.74, 6) is -0.415. The molecule has 0 bridgehead atoms. The number of halogens is 2. The van der Waals surface area contributed by atoms with Gasteiger partial charge in [-0.15, -0.1) is 0 Å². The molecule has 3 nitrogen and oxygen atoms in total. The number of aryl methyl sites for hydroxylation is 2. The molecule has 0 aliphatic rings. The normalized spacial score (nSPS) is 10.9. The molecule has 96 valence electrons. The van der Waals surface area contributed by atoms with E-state index in [1.807, 2.05) is 18.7 Å². The Kier molecular flexibility index (Phi) is 3.68. The molecular formula is C13H15ClFN3. The van der Waals surface area contributed by atoms with Gasteiger partial charge in [0.15, 0.2) is 0 Å². The van der Waals surface area contributed by atoms with Crippen LogP contribution in [0.1, 0.15) is 11.4 Å². The molecule has 0 saturated heterocycles. The Morgan fingerprint density at radius 1 is 1.44 bits per heavy atom. The quantitative estimate of drug-likeness (QED) is 0.929. The summed E-state index contributed by atoms with van der Waals surface area (Å²) < 4.78 is 15.0. The minimum absolute atomic E-state index is 0.120. The topological polar surface area (TPSA) is 43.8 Å². The highest BCUT2D eigenvalue weighted by atomic mass is 35.5. The SMILES string of the molecule is Cc1nn(C)c(CCN)c1-c1ccc(F)c(Cl)c1. The molecule has 5 heteroatoms. The third-order valence-electron chi connectivity index (χ3n) is 2.93. The van der Waals surface area contributed by atoms with Gasteiger partial charge in [-0.2, -0.15) is 5.10 Å². The molecule has 0 amide bonds. The van der Waals surface area contributed by atoms with Crippen molar-refractivity contribution in [3.63, 3.8) is 0 Å². The summed E-state index contributed by atoms with van der Waals surface area (Å²) in [6.07, 6.45) is 0.724. The van der Waals surface area contributed by atoms with E-state index >= 15 is 0 Å². The number of hydrogen-bond acceptors (Lipinski definition) is 2. The Hall–Kier alpha value is -1.39. The van der Waals surface area contributed by atoms with Gasteiger partial charge in [-0.05, 0) is 31.2 Å². The molecule has 1 aromatic carbocycles. The molecule has 18 heavy (non-hydrogen) atoms. The summed E-state index contributed by atoms with van der Waals surface area (Å²) in [5, 5.41) is 4.50. The molecule has 0 saturated carbocycles. The molecule has 0 spiro atoms. The van der Waals surface area contributed by atoms with Crippen LogP contribution in [0.4, 0.5) is 4.39 Å². The van der Waals surface area contributed by atoms with Gasteiger partial charge in [0, 0.05) is 24.7 Å². The van der Waals surface area contributed by atoms with E-state index in [9.17, 15) is 4.39 Å². The van der Waals surface area contributed by atoms with Crippen LogP contribution in [-0.2, 0) is 13.5 Å². The van der Waals surface area contributed by atoms with Crippen molar-refractivity contribution in [1.29, 1.82) is 0 Å². The monoisotopic (exact) mass is 267 g/mol. The van der Waals surface area contributed by atoms with Crippen LogP contribution in [-0.4, -0.2) is 16.3 Å². The van der Waals surface area contributed by atoms with E-state index in [4.69, 9.17) is 17.3 Å². The van der Waals surface area contributed by atoms with E-state index in [0.29, 0.717) is 6.54 Å². The maximum Gasteiger partial charge on any atom is 0.141 e. The second-order valence-corrected chi connectivity index (χ2v) is 4.61. The molecule has 0 fully saturated rings. The second-order valence-electron chi connectivity index (χ2n) is 4.20. The fourth-order valence-electron chi connectivity index (χ4n) is 2.16. The van der Waals surface area contributed by atoms with Crippen LogP contribution in [0, 0.1) is 12.7 Å². The number of hydrogen-bond donors (Lipinski definition) is 1. The number of nitrogens with two attached hydrogens (primary N) is 1. The highest BCUT2D eigenvalue weighted by Gasteiger charge is 2.15. The Morgan fingerprint density at radius 3 is 2.78 bits per heavy atom. The van der Waals surface area contributed by atoms with Crippen molar-refractivity contribution in [2.24, 2.45) is 12.8 Å². The zero-order valence-corrected chi connectivity index (χ0v) is 11.1. The summed E-state index contributed by atoms with van der Waals surface area (Å²) in [6, 6.07) is 4.71. The first kappa shape index (κ1) is 13.1. The minimum atomic E-state index is -0.415. The summed E-state index contributed by atoms with van der Waals surface area (Å²) >= 11 is 5.83. The Bertz CT molecular complexity index is 578. The summed E-state index contributed by atoms with van der Waals surface area (Å²) in [5.41, 5.74) is 9.41. The zero-order valence-electron chi connectivity index (χ0n) is 10.4. The molecular weight excluding hydrogens is 253 g/mol. The lowest BCUT2D eigenvalue weighted by Crippen LogP contribution is -2.08. The van der Waals surface area contributed by atoms with Gasteiger partial charge in [-0.1, -0.05) is 17.7 Å². The molecule has 0 radical (unpaired) electrons. The highest BCUT2D eigenvalue weighted by Crippen LogP contribution is 2.30. The minimum Gasteiger partial charge on any atom is -0.330 e. The van der Waals surface area contributed by atoms with E-state index in [0.717, 1.165) is 28.9 Å². The van der Waals surface area contributed by atoms with Gasteiger partial charge in [-0.25, -0.2) is 4.39 Å². The predicted molar refractivity (Wildman–Crippen MR) is 71.1 cm³/mol. The molecule has 1 heterocycles. The van der Waals surface area contributed by atoms with Gasteiger partial charge < -0.3 is 5.73 Å². The lowest BCUT2D eigenvalue weighted by Gasteiger charge is -2.06. The van der Waals surface area contributed by atoms with Gasteiger partial charge in [0.2, 0.25) is 0 Å². The van der Waals surface area contributed by atoms with E-state index < -0.39 is 5.82 Å². The summed E-state index contributed by atoms with van der Waals surface area (Å²) in [7, 11) is 1.88. The van der Waals surface area contributed by atoms with Crippen molar-refractivity contribution < 1.29 is 4.39 Å². The Morgan fingerprint density at radius 2 is 2.17 bits per heavy atom. The molecule has 1 aromatic heterocycles. The van der Waals surface area contributed by atoms with Crippen LogP contribution in [0.5, 0.6) is 0 Å². The third kappa shape index (κ3) is 2.26. The molecule has 2 rings (SSSR count). The molecule has 0 aliphatic heterocycles. The van der Waals surface area contributed by atoms with Crippen molar-refractivity contribution >= 4 is 11.6 Å². The number of aromatic nitrogens is 2. The first-order valence-corrected chi connectivity index (χ1v) is 6.10. The lowest BCUT2D eigenvalue weighted by atomic mass is 10.0. The number of rotatable bonds is 3. The van der Waals surface area contributed by atoms with Gasteiger partial charge in [0.05, 0.1) is 10.7 Å². The summed E-state index contributed by atoms with van der Waals surface area (Å²) in [4.78, 5) is 0. The maximum atomic E-state index is 13.2. The highest BCUT2D eigenvalue weighted by molar-refractivity contribution is 6.31. The van der Waals surface area contributed by atoms with Crippen molar-refractivity contribution in [2.75, 3.05) is 6.54 Å². The molecule has 0 aliphatic carbocycles. The molecule has 0 atom stereocenters. The van der Waals surface area contributed by atoms with Crippen molar-refractivity contribution in [3.8, 4) is 11.1 Å². The van der Waals surface area contributed by atoms with Gasteiger partial charge >= 0.3 is 0 Å². The zero-order chi connectivity index (χ0) is 13.3. The number of benzene rings is 1. The predicted octanol–water partition coefficient (Wildman–Crippen LogP) is 2.69. The van der Waals surface area contributed by atoms with E-state index in [-0.39, 0.29) is 5.02 Å². The third-order valence-corrected chi connectivity index (χ3v) is 3.22. The lowest BCUT2D eigenvalue weighted by molar-refractivity contribution is 0.628. The smallest absolute Gasteiger partial charge is 0.141 e.